The first-order valence-electron chi connectivity index (χ1n) is 13.8. The van der Waals surface area contributed by atoms with Crippen LogP contribution in [0, 0.1) is 5.41 Å². The van der Waals surface area contributed by atoms with Crippen molar-refractivity contribution in [3.63, 3.8) is 0 Å². The van der Waals surface area contributed by atoms with E-state index >= 15 is 0 Å². The van der Waals surface area contributed by atoms with Crippen LogP contribution in [-0.4, -0.2) is 59.0 Å². The van der Waals surface area contributed by atoms with Crippen LogP contribution in [0.2, 0.25) is 0 Å². The van der Waals surface area contributed by atoms with Crippen molar-refractivity contribution in [3.05, 3.63) is 94.6 Å². The minimum atomic E-state index is -0.911. The number of Topliss-reactive ketones (excluding diaryl/α,β-unsaturated/α-hetero) is 1. The molecule has 0 aliphatic carbocycles. The molecule has 7 heterocycles. The van der Waals surface area contributed by atoms with Crippen LogP contribution in [0.25, 0.3) is 12.2 Å². The number of rotatable bonds is 2. The SMILES string of the molecule is CC12C=C3C=CC(=N3)C=c3ccc([nH]3)=CC3=NC(c4ccc(N5CCOCC5)nc4)(C=C3)C=C(N1)C(C)(C)C2=O. The Hall–Kier alpha value is -4.30. The number of nitrogens with zero attached hydrogens (tertiary/aromatic N) is 4. The predicted octanol–water partition coefficient (Wildman–Crippen LogP) is 2.46. The molecule has 8 heteroatoms. The first-order chi connectivity index (χ1) is 19.2. The van der Waals surface area contributed by atoms with Gasteiger partial charge >= 0.3 is 0 Å². The zero-order valence-corrected chi connectivity index (χ0v) is 22.9. The molecule has 2 N–H and O–H groups in total. The van der Waals surface area contributed by atoms with Crippen molar-refractivity contribution in [2.75, 3.05) is 31.2 Å². The minimum absolute atomic E-state index is 0.0892. The highest BCUT2D eigenvalue weighted by atomic mass is 16.5. The fourth-order valence-corrected chi connectivity index (χ4v) is 6.08. The number of anilines is 1. The third kappa shape index (κ3) is 4.10. The van der Waals surface area contributed by atoms with E-state index in [1.807, 2.05) is 75.6 Å². The normalized spacial score (nSPS) is 28.3. The number of aromatic nitrogens is 2. The van der Waals surface area contributed by atoms with Gasteiger partial charge in [-0.15, -0.1) is 0 Å². The van der Waals surface area contributed by atoms with Crippen molar-refractivity contribution < 1.29 is 9.53 Å². The Bertz CT molecular complexity index is 1710. The van der Waals surface area contributed by atoms with Crippen LogP contribution in [-0.2, 0) is 15.1 Å². The largest absolute Gasteiger partial charge is 0.378 e. The van der Waals surface area contributed by atoms with Crippen molar-refractivity contribution in [2.24, 2.45) is 15.4 Å². The third-order valence-electron chi connectivity index (χ3n) is 8.30. The van der Waals surface area contributed by atoms with Gasteiger partial charge in [-0.1, -0.05) is 6.07 Å². The summed E-state index contributed by atoms with van der Waals surface area (Å²) in [6.07, 6.45) is 18.0. The van der Waals surface area contributed by atoms with Gasteiger partial charge in [-0.05, 0) is 87.6 Å². The maximum absolute atomic E-state index is 13.9. The molecule has 2 saturated heterocycles. The number of carbonyl (C=O) groups excluding carboxylic acids is 1. The maximum Gasteiger partial charge on any atom is 0.173 e. The number of carbonyl (C=O) groups is 1. The number of aromatic amines is 1. The number of H-pyrrole nitrogens is 1. The van der Waals surface area contributed by atoms with Crippen LogP contribution < -0.4 is 20.9 Å². The minimum Gasteiger partial charge on any atom is -0.378 e. The lowest BCUT2D eigenvalue weighted by atomic mass is 9.79. The van der Waals surface area contributed by atoms with Crippen molar-refractivity contribution in [2.45, 2.75) is 31.8 Å². The van der Waals surface area contributed by atoms with Gasteiger partial charge < -0.3 is 19.9 Å². The molecule has 40 heavy (non-hydrogen) atoms. The van der Waals surface area contributed by atoms with Crippen LogP contribution in [0.1, 0.15) is 26.3 Å². The quantitative estimate of drug-likeness (QED) is 0.620. The Kier molecular flexibility index (Phi) is 5.47. The van der Waals surface area contributed by atoms with Gasteiger partial charge in [0.05, 0.1) is 35.7 Å². The molecule has 5 aliphatic heterocycles. The number of nitrogens with one attached hydrogen (secondary N) is 2. The standard InChI is InChI=1S/C32H32N6O2/c1-30(2)27-19-32(21-4-9-28(33-20-21)38-12-14-40-15-13-38)11-10-25(36-32)17-24-6-5-22(34-24)16-23-7-8-26(35-23)18-31(3,37-27)29(30)39/h4-11,16-20,34,37H,12-15H2,1-3H3. The highest BCUT2D eigenvalue weighted by Gasteiger charge is 2.52. The number of allylic oxidation sites excluding steroid dienone is 4. The predicted molar refractivity (Wildman–Crippen MR) is 158 cm³/mol. The molecular formula is C32H32N6O2. The summed E-state index contributed by atoms with van der Waals surface area (Å²) in [5.74, 6) is 1.02. The van der Waals surface area contributed by atoms with E-state index in [-0.39, 0.29) is 5.78 Å². The summed E-state index contributed by atoms with van der Waals surface area (Å²) in [7, 11) is 0. The molecule has 2 aromatic heterocycles. The van der Waals surface area contributed by atoms with Gasteiger partial charge in [0.15, 0.2) is 5.78 Å². The van der Waals surface area contributed by atoms with Crippen LogP contribution >= 0.6 is 0 Å². The van der Waals surface area contributed by atoms with Crippen molar-refractivity contribution in [1.29, 1.82) is 0 Å². The molecule has 5 aliphatic rings. The fourth-order valence-electron chi connectivity index (χ4n) is 6.08. The molecular weight excluding hydrogens is 500 g/mol. The van der Waals surface area contributed by atoms with E-state index in [0.717, 1.165) is 58.0 Å². The Morgan fingerprint density at radius 2 is 1.70 bits per heavy atom. The number of ether oxygens (including phenoxy) is 1. The maximum atomic E-state index is 13.9. The summed E-state index contributed by atoms with van der Waals surface area (Å²) in [4.78, 5) is 34.4. The summed E-state index contributed by atoms with van der Waals surface area (Å²) in [6, 6.07) is 8.22. The molecule has 2 fully saturated rings. The van der Waals surface area contributed by atoms with Crippen LogP contribution in [0.3, 0.4) is 0 Å². The molecule has 2 unspecified atom stereocenters. The van der Waals surface area contributed by atoms with Crippen molar-refractivity contribution >= 4 is 35.2 Å². The first-order valence-corrected chi connectivity index (χ1v) is 13.8. The summed E-state index contributed by atoms with van der Waals surface area (Å²) in [6.45, 7) is 8.93. The number of fused-ring (bicyclic) bond motifs is 6. The van der Waals surface area contributed by atoms with E-state index in [4.69, 9.17) is 19.7 Å². The lowest BCUT2D eigenvalue weighted by Crippen LogP contribution is -2.41. The second-order valence-corrected chi connectivity index (χ2v) is 11.6. The third-order valence-corrected chi connectivity index (χ3v) is 8.30. The Balaban J connectivity index is 1.40. The van der Waals surface area contributed by atoms with E-state index in [1.54, 1.807) is 0 Å². The molecule has 0 amide bonds. The van der Waals surface area contributed by atoms with Gasteiger partial charge in [0.25, 0.3) is 0 Å². The number of hydrogen-bond donors (Lipinski definition) is 2. The van der Waals surface area contributed by atoms with Crippen LogP contribution in [0.5, 0.6) is 0 Å². The van der Waals surface area contributed by atoms with Gasteiger partial charge in [-0.2, -0.15) is 0 Å². The van der Waals surface area contributed by atoms with Gasteiger partial charge in [0.2, 0.25) is 0 Å². The second kappa shape index (κ2) is 8.86. The zero-order valence-electron chi connectivity index (χ0n) is 22.9. The number of hydrogen-bond acceptors (Lipinski definition) is 7. The van der Waals surface area contributed by atoms with Gasteiger partial charge in [-0.3, -0.25) is 9.79 Å². The zero-order chi connectivity index (χ0) is 27.5. The van der Waals surface area contributed by atoms with Crippen LogP contribution in [0.4, 0.5) is 5.82 Å². The van der Waals surface area contributed by atoms with E-state index in [1.165, 1.54) is 0 Å². The van der Waals surface area contributed by atoms with E-state index in [9.17, 15) is 4.79 Å². The Labute approximate surface area is 233 Å². The molecule has 202 valence electrons. The lowest BCUT2D eigenvalue weighted by Gasteiger charge is -2.29. The van der Waals surface area contributed by atoms with Crippen molar-refractivity contribution in [3.8, 4) is 0 Å². The number of pyridine rings is 1. The monoisotopic (exact) mass is 532 g/mol. The molecule has 2 atom stereocenters. The molecule has 0 radical (unpaired) electrons. The molecule has 0 spiro atoms. The first kappa shape index (κ1) is 24.7. The summed E-state index contributed by atoms with van der Waals surface area (Å²) < 4.78 is 5.51. The topological polar surface area (TPSA) is 95.0 Å². The summed E-state index contributed by atoms with van der Waals surface area (Å²) in [5, 5.41) is 5.47. The fraction of sp³-hybridized carbons (Fsp3) is 0.312. The second-order valence-electron chi connectivity index (χ2n) is 11.6. The molecule has 8 bridgehead atoms. The highest BCUT2D eigenvalue weighted by molar-refractivity contribution is 6.20. The molecule has 0 aromatic carbocycles. The summed E-state index contributed by atoms with van der Waals surface area (Å²) in [5.41, 5.74) is 1.71. The van der Waals surface area contributed by atoms with E-state index in [0.29, 0.717) is 13.2 Å². The average Bonchev–Trinajstić information content (AvgIpc) is 3.72. The molecule has 2 aromatic rings. The van der Waals surface area contributed by atoms with Gasteiger partial charge in [0, 0.05) is 41.2 Å². The van der Waals surface area contributed by atoms with Gasteiger partial charge in [-0.25, -0.2) is 9.98 Å². The van der Waals surface area contributed by atoms with E-state index in [2.05, 4.69) is 39.5 Å². The average molecular weight is 533 g/mol. The highest BCUT2D eigenvalue weighted by Crippen LogP contribution is 2.44. The van der Waals surface area contributed by atoms with Crippen molar-refractivity contribution in [1.82, 2.24) is 15.3 Å². The molecule has 8 nitrogen and oxygen atoms in total. The van der Waals surface area contributed by atoms with Crippen LogP contribution in [0.15, 0.2) is 88.3 Å². The smallest absolute Gasteiger partial charge is 0.173 e. The number of aliphatic imine (C=N–C) groups is 2. The van der Waals surface area contributed by atoms with Gasteiger partial charge in [0.1, 0.15) is 16.9 Å². The molecule has 0 saturated carbocycles. The number of morpholine rings is 1. The Morgan fingerprint density at radius 3 is 2.45 bits per heavy atom. The van der Waals surface area contributed by atoms with E-state index < -0.39 is 16.5 Å². The lowest BCUT2D eigenvalue weighted by molar-refractivity contribution is -0.126. The number of ketones is 1. The summed E-state index contributed by atoms with van der Waals surface area (Å²) >= 11 is 0. The molecule has 7 rings (SSSR count). The Morgan fingerprint density at radius 1 is 0.925 bits per heavy atom.